The molecule has 4 fully saturated rings. The molecule has 1 N–H and O–H groups in total. The summed E-state index contributed by atoms with van der Waals surface area (Å²) in [7, 11) is 1.53. The van der Waals surface area contributed by atoms with Crippen LogP contribution in [0.5, 0.6) is 0 Å². The Balaban J connectivity index is 1.61. The Morgan fingerprint density at radius 1 is 1.04 bits per heavy atom. The SMILES string of the molecule is COC(=O)[C@H]1CC[C@H]2[C@@H]3CCC4NC(=O)CC[C@]4(C)C3CC[C@]12C. The Morgan fingerprint density at radius 3 is 2.54 bits per heavy atom. The van der Waals surface area contributed by atoms with E-state index in [2.05, 4.69) is 19.2 Å². The quantitative estimate of drug-likeness (QED) is 0.749. The zero-order chi connectivity index (χ0) is 17.1. The molecule has 0 spiro atoms. The summed E-state index contributed by atoms with van der Waals surface area (Å²) in [5.74, 6) is 2.40. The fourth-order valence-electron chi connectivity index (χ4n) is 7.23. The van der Waals surface area contributed by atoms with E-state index in [9.17, 15) is 9.59 Å². The van der Waals surface area contributed by atoms with Crippen LogP contribution in [-0.4, -0.2) is 25.0 Å². The van der Waals surface area contributed by atoms with Gasteiger partial charge in [0.25, 0.3) is 0 Å². The lowest BCUT2D eigenvalue weighted by Crippen LogP contribution is -2.61. The van der Waals surface area contributed by atoms with Crippen molar-refractivity contribution in [3.8, 4) is 0 Å². The number of ether oxygens (including phenoxy) is 1. The van der Waals surface area contributed by atoms with Crippen LogP contribution in [0, 0.1) is 34.5 Å². The average Bonchev–Trinajstić information content (AvgIpc) is 2.92. The maximum atomic E-state index is 12.3. The maximum absolute atomic E-state index is 12.3. The molecule has 0 aromatic carbocycles. The van der Waals surface area contributed by atoms with Gasteiger partial charge in [0.2, 0.25) is 5.91 Å². The van der Waals surface area contributed by atoms with Gasteiger partial charge < -0.3 is 10.1 Å². The summed E-state index contributed by atoms with van der Waals surface area (Å²) in [5.41, 5.74) is 0.372. The first-order valence-corrected chi connectivity index (χ1v) is 9.77. The largest absolute Gasteiger partial charge is 0.469 e. The van der Waals surface area contributed by atoms with Gasteiger partial charge in [-0.1, -0.05) is 13.8 Å². The van der Waals surface area contributed by atoms with E-state index in [0.29, 0.717) is 24.3 Å². The number of carbonyl (C=O) groups is 2. The summed E-state index contributed by atoms with van der Waals surface area (Å²) >= 11 is 0. The lowest BCUT2D eigenvalue weighted by Gasteiger charge is -2.60. The Kier molecular flexibility index (Phi) is 3.74. The molecule has 7 atom stereocenters. The highest BCUT2D eigenvalue weighted by Crippen LogP contribution is 2.65. The summed E-state index contributed by atoms with van der Waals surface area (Å²) in [6.45, 7) is 4.77. The number of amides is 1. The van der Waals surface area contributed by atoms with E-state index in [1.54, 1.807) is 0 Å². The molecule has 0 radical (unpaired) electrons. The normalized spacial score (nSPS) is 50.3. The number of nitrogens with one attached hydrogen (secondary N) is 1. The van der Waals surface area contributed by atoms with Gasteiger partial charge in [-0.15, -0.1) is 0 Å². The van der Waals surface area contributed by atoms with Crippen LogP contribution in [0.4, 0.5) is 0 Å². The molecule has 4 aliphatic rings. The minimum Gasteiger partial charge on any atom is -0.469 e. The van der Waals surface area contributed by atoms with Crippen molar-refractivity contribution < 1.29 is 14.3 Å². The van der Waals surface area contributed by atoms with Crippen LogP contribution in [0.25, 0.3) is 0 Å². The first-order valence-electron chi connectivity index (χ1n) is 9.77. The molecular weight excluding hydrogens is 302 g/mol. The molecule has 4 heteroatoms. The van der Waals surface area contributed by atoms with Crippen LogP contribution in [0.3, 0.4) is 0 Å². The molecule has 1 heterocycles. The van der Waals surface area contributed by atoms with E-state index in [4.69, 9.17) is 4.74 Å². The van der Waals surface area contributed by atoms with Gasteiger partial charge in [0.05, 0.1) is 13.0 Å². The van der Waals surface area contributed by atoms with Crippen molar-refractivity contribution >= 4 is 11.9 Å². The fourth-order valence-corrected chi connectivity index (χ4v) is 7.23. The summed E-state index contributed by atoms with van der Waals surface area (Å²) in [6.07, 6.45) is 8.54. The number of carbonyl (C=O) groups excluding carboxylic acids is 2. The first kappa shape index (κ1) is 16.4. The molecule has 3 saturated carbocycles. The molecule has 4 rings (SSSR count). The van der Waals surface area contributed by atoms with Gasteiger partial charge in [0, 0.05) is 12.5 Å². The van der Waals surface area contributed by atoms with Gasteiger partial charge in [0.1, 0.15) is 0 Å². The second-order valence-corrected chi connectivity index (χ2v) is 9.28. The fraction of sp³-hybridized carbons (Fsp3) is 0.900. The molecule has 4 nitrogen and oxygen atoms in total. The van der Waals surface area contributed by atoms with E-state index in [1.165, 1.54) is 26.4 Å². The molecule has 1 amide bonds. The Labute approximate surface area is 145 Å². The Morgan fingerprint density at radius 2 is 1.79 bits per heavy atom. The lowest BCUT2D eigenvalue weighted by molar-refractivity contribution is -0.155. The van der Waals surface area contributed by atoms with Crippen molar-refractivity contribution in [2.45, 2.75) is 71.3 Å². The minimum atomic E-state index is 0.00303. The summed E-state index contributed by atoms with van der Waals surface area (Å²) in [6, 6.07) is 0.363. The molecule has 24 heavy (non-hydrogen) atoms. The standard InChI is InChI=1S/C20H31NO3/c1-19-10-8-14-12(13(19)5-6-15(19)18(23)24-3)4-7-16-20(14,2)11-9-17(22)21-16/h12-16H,4-11H2,1-3H3,(H,21,22)/t12-,13-,14?,15+,16?,19-,20+/m0/s1. The van der Waals surface area contributed by atoms with Crippen molar-refractivity contribution in [3.63, 3.8) is 0 Å². The monoisotopic (exact) mass is 333 g/mol. The average molecular weight is 333 g/mol. The number of esters is 1. The van der Waals surface area contributed by atoms with E-state index < -0.39 is 0 Å². The molecule has 0 aromatic rings. The van der Waals surface area contributed by atoms with Gasteiger partial charge in [-0.2, -0.15) is 0 Å². The zero-order valence-electron chi connectivity index (χ0n) is 15.3. The maximum Gasteiger partial charge on any atom is 0.309 e. The second-order valence-electron chi connectivity index (χ2n) is 9.28. The number of hydrogen-bond donors (Lipinski definition) is 1. The molecular formula is C20H31NO3. The van der Waals surface area contributed by atoms with Crippen molar-refractivity contribution in [2.24, 2.45) is 34.5 Å². The second kappa shape index (κ2) is 5.47. The van der Waals surface area contributed by atoms with Gasteiger partial charge in [-0.3, -0.25) is 9.59 Å². The minimum absolute atomic E-state index is 0.00303. The molecule has 3 aliphatic carbocycles. The number of rotatable bonds is 1. The first-order chi connectivity index (χ1) is 11.4. The van der Waals surface area contributed by atoms with Crippen LogP contribution in [0.15, 0.2) is 0 Å². The van der Waals surface area contributed by atoms with Crippen LogP contribution < -0.4 is 5.32 Å². The number of fused-ring (bicyclic) bond motifs is 5. The van der Waals surface area contributed by atoms with Crippen LogP contribution in [0.2, 0.25) is 0 Å². The molecule has 0 aromatic heterocycles. The number of hydrogen-bond acceptors (Lipinski definition) is 3. The zero-order valence-corrected chi connectivity index (χ0v) is 15.3. The highest BCUT2D eigenvalue weighted by molar-refractivity contribution is 5.77. The summed E-state index contributed by atoms with van der Waals surface area (Å²) < 4.78 is 5.12. The van der Waals surface area contributed by atoms with Gasteiger partial charge in [-0.05, 0) is 73.5 Å². The smallest absolute Gasteiger partial charge is 0.309 e. The van der Waals surface area contributed by atoms with Crippen LogP contribution >= 0.6 is 0 Å². The van der Waals surface area contributed by atoms with Crippen molar-refractivity contribution in [2.75, 3.05) is 7.11 Å². The summed E-state index contributed by atoms with van der Waals surface area (Å²) in [4.78, 5) is 24.1. The van der Waals surface area contributed by atoms with Gasteiger partial charge >= 0.3 is 5.97 Å². The van der Waals surface area contributed by atoms with E-state index >= 15 is 0 Å². The van der Waals surface area contributed by atoms with Crippen molar-refractivity contribution in [3.05, 3.63) is 0 Å². The highest BCUT2D eigenvalue weighted by atomic mass is 16.5. The Bertz CT molecular complexity index is 561. The van der Waals surface area contributed by atoms with E-state index in [0.717, 1.165) is 31.6 Å². The third-order valence-electron chi connectivity index (χ3n) is 8.58. The number of methoxy groups -OCH3 is 1. The lowest BCUT2D eigenvalue weighted by atomic mass is 9.47. The molecule has 1 saturated heterocycles. The third kappa shape index (κ3) is 2.10. The molecule has 1 aliphatic heterocycles. The predicted octanol–water partition coefficient (Wildman–Crippen LogP) is 3.30. The summed E-state index contributed by atoms with van der Waals surface area (Å²) in [5, 5.41) is 3.28. The number of piperidine rings is 1. The molecule has 2 unspecified atom stereocenters. The van der Waals surface area contributed by atoms with Crippen molar-refractivity contribution in [1.82, 2.24) is 5.32 Å². The topological polar surface area (TPSA) is 55.4 Å². The predicted molar refractivity (Wildman–Crippen MR) is 91.1 cm³/mol. The third-order valence-corrected chi connectivity index (χ3v) is 8.58. The van der Waals surface area contributed by atoms with Crippen LogP contribution in [0.1, 0.15) is 65.2 Å². The van der Waals surface area contributed by atoms with Crippen molar-refractivity contribution in [1.29, 1.82) is 0 Å². The Hall–Kier alpha value is -1.06. The van der Waals surface area contributed by atoms with E-state index in [1.807, 2.05) is 0 Å². The van der Waals surface area contributed by atoms with E-state index in [-0.39, 0.29) is 28.6 Å². The van der Waals surface area contributed by atoms with Crippen LogP contribution in [-0.2, 0) is 14.3 Å². The highest BCUT2D eigenvalue weighted by Gasteiger charge is 2.61. The van der Waals surface area contributed by atoms with Gasteiger partial charge in [0.15, 0.2) is 0 Å². The molecule has 0 bridgehead atoms. The van der Waals surface area contributed by atoms with Gasteiger partial charge in [-0.25, -0.2) is 0 Å². The molecule has 134 valence electrons.